The number of hydrogen-bond acceptors (Lipinski definition) is 1. The maximum absolute atomic E-state index is 5.98. The van der Waals surface area contributed by atoms with Crippen molar-refractivity contribution >= 4 is 56.7 Å². The van der Waals surface area contributed by atoms with Crippen LogP contribution in [0.15, 0.2) is 24.3 Å². The molecule has 0 unspecified atom stereocenters. The normalized spacial score (nSPS) is 10.7. The third-order valence-corrected chi connectivity index (χ3v) is 2.96. The van der Waals surface area contributed by atoms with Crippen molar-refractivity contribution in [3.8, 4) is 0 Å². The van der Waals surface area contributed by atoms with Gasteiger partial charge in [-0.2, -0.15) is 0 Å². The zero-order valence-corrected chi connectivity index (χ0v) is 10.1. The second-order valence-electron chi connectivity index (χ2n) is 2.56. The highest BCUT2D eigenvalue weighted by molar-refractivity contribution is 14.1. The van der Waals surface area contributed by atoms with Gasteiger partial charge in [-0.1, -0.05) is 23.2 Å². The molecule has 13 heavy (non-hydrogen) atoms. The van der Waals surface area contributed by atoms with Crippen molar-refractivity contribution < 1.29 is 0 Å². The molecule has 0 aliphatic carbocycles. The Morgan fingerprint density at radius 1 is 1.00 bits per heavy atom. The molecule has 0 bridgehead atoms. The number of rotatable bonds is 0. The van der Waals surface area contributed by atoms with Crippen LogP contribution in [-0.4, -0.2) is 4.98 Å². The van der Waals surface area contributed by atoms with Crippen LogP contribution >= 0.6 is 45.8 Å². The van der Waals surface area contributed by atoms with E-state index in [1.54, 1.807) is 12.1 Å². The minimum absolute atomic E-state index is 0.637. The van der Waals surface area contributed by atoms with Crippen LogP contribution in [0.3, 0.4) is 0 Å². The van der Waals surface area contributed by atoms with E-state index in [0.717, 1.165) is 14.6 Å². The highest BCUT2D eigenvalue weighted by atomic mass is 127. The number of halogens is 3. The largest absolute Gasteiger partial charge is 0.240 e. The fraction of sp³-hybridized carbons (Fsp3) is 0. The lowest BCUT2D eigenvalue weighted by Gasteiger charge is -2.01. The highest BCUT2D eigenvalue weighted by Crippen LogP contribution is 2.28. The topological polar surface area (TPSA) is 12.9 Å². The standard InChI is InChI=1S/C9H4Cl2IN/c10-6-2-3-7(11)9-5(6)1-4-8(12)13-9/h1-4H. The molecule has 1 aromatic carbocycles. The molecule has 0 saturated heterocycles. The number of hydrogen-bond donors (Lipinski definition) is 0. The fourth-order valence-corrected chi connectivity index (χ4v) is 1.97. The summed E-state index contributed by atoms with van der Waals surface area (Å²) in [7, 11) is 0. The molecule has 1 nitrogen and oxygen atoms in total. The number of benzene rings is 1. The lowest BCUT2D eigenvalue weighted by Crippen LogP contribution is -1.84. The molecular weight excluding hydrogens is 320 g/mol. The molecule has 0 amide bonds. The molecule has 0 spiro atoms. The Kier molecular flexibility index (Phi) is 2.62. The van der Waals surface area contributed by atoms with Crippen molar-refractivity contribution in [1.82, 2.24) is 4.98 Å². The van der Waals surface area contributed by atoms with E-state index in [1.165, 1.54) is 0 Å². The summed E-state index contributed by atoms with van der Waals surface area (Å²) in [5.74, 6) is 0. The zero-order chi connectivity index (χ0) is 9.42. The van der Waals surface area contributed by atoms with Crippen LogP contribution in [0.5, 0.6) is 0 Å². The summed E-state index contributed by atoms with van der Waals surface area (Å²) in [6, 6.07) is 7.37. The molecule has 1 heterocycles. The van der Waals surface area contributed by atoms with Crippen molar-refractivity contribution in [3.05, 3.63) is 38.0 Å². The van der Waals surface area contributed by atoms with Crippen LogP contribution in [0.4, 0.5) is 0 Å². The van der Waals surface area contributed by atoms with Gasteiger partial charge < -0.3 is 0 Å². The average Bonchev–Trinajstić information content (AvgIpc) is 2.12. The van der Waals surface area contributed by atoms with Crippen molar-refractivity contribution in [3.63, 3.8) is 0 Å². The molecular formula is C9H4Cl2IN. The van der Waals surface area contributed by atoms with Crippen molar-refractivity contribution in [2.75, 3.05) is 0 Å². The molecule has 0 atom stereocenters. The van der Waals surface area contributed by atoms with E-state index in [9.17, 15) is 0 Å². The van der Waals surface area contributed by atoms with E-state index < -0.39 is 0 Å². The number of nitrogens with zero attached hydrogens (tertiary/aromatic N) is 1. The molecule has 0 saturated carbocycles. The van der Waals surface area contributed by atoms with Crippen molar-refractivity contribution in [2.45, 2.75) is 0 Å². The molecule has 0 aliphatic rings. The summed E-state index contributed by atoms with van der Waals surface area (Å²) in [6.07, 6.45) is 0. The van der Waals surface area contributed by atoms with Gasteiger partial charge in [-0.25, -0.2) is 4.98 Å². The zero-order valence-electron chi connectivity index (χ0n) is 6.39. The first-order chi connectivity index (χ1) is 6.18. The summed E-state index contributed by atoms with van der Waals surface area (Å²) >= 11 is 14.1. The summed E-state index contributed by atoms with van der Waals surface area (Å²) in [5, 5.41) is 2.22. The number of fused-ring (bicyclic) bond motifs is 1. The van der Waals surface area contributed by atoms with Crippen LogP contribution in [0.1, 0.15) is 0 Å². The highest BCUT2D eigenvalue weighted by Gasteiger charge is 2.04. The van der Waals surface area contributed by atoms with Gasteiger partial charge in [0, 0.05) is 5.39 Å². The minimum Gasteiger partial charge on any atom is -0.240 e. The van der Waals surface area contributed by atoms with Gasteiger partial charge in [0.25, 0.3) is 0 Å². The fourth-order valence-electron chi connectivity index (χ4n) is 1.13. The predicted molar refractivity (Wildman–Crippen MR) is 64.5 cm³/mol. The van der Waals surface area contributed by atoms with Crippen LogP contribution in [0, 0.1) is 3.70 Å². The van der Waals surface area contributed by atoms with Crippen LogP contribution in [-0.2, 0) is 0 Å². The number of aromatic nitrogens is 1. The Labute approximate surface area is 99.2 Å². The van der Waals surface area contributed by atoms with E-state index in [4.69, 9.17) is 23.2 Å². The van der Waals surface area contributed by atoms with Gasteiger partial charge in [-0.05, 0) is 46.9 Å². The first-order valence-electron chi connectivity index (χ1n) is 3.59. The maximum Gasteiger partial charge on any atom is 0.102 e. The van der Waals surface area contributed by atoms with Gasteiger partial charge in [0.05, 0.1) is 15.6 Å². The molecule has 0 N–H and O–H groups in total. The SMILES string of the molecule is Clc1ccc(Cl)c2nc(I)ccc12. The van der Waals surface area contributed by atoms with E-state index in [0.29, 0.717) is 10.0 Å². The van der Waals surface area contributed by atoms with Crippen LogP contribution < -0.4 is 0 Å². The summed E-state index contributed by atoms with van der Waals surface area (Å²) < 4.78 is 0.911. The predicted octanol–water partition coefficient (Wildman–Crippen LogP) is 4.15. The number of pyridine rings is 1. The molecule has 2 rings (SSSR count). The Morgan fingerprint density at radius 2 is 1.69 bits per heavy atom. The Hall–Kier alpha value is -0.0600. The van der Waals surface area contributed by atoms with Gasteiger partial charge in [0.2, 0.25) is 0 Å². The quantitative estimate of drug-likeness (QED) is 0.524. The lowest BCUT2D eigenvalue weighted by molar-refractivity contribution is 1.35. The van der Waals surface area contributed by atoms with E-state index >= 15 is 0 Å². The summed E-state index contributed by atoms with van der Waals surface area (Å²) in [5.41, 5.74) is 0.765. The van der Waals surface area contributed by atoms with Crippen LogP contribution in [0.2, 0.25) is 10.0 Å². The second kappa shape index (κ2) is 3.59. The Morgan fingerprint density at radius 3 is 2.46 bits per heavy atom. The Bertz CT molecular complexity index is 470. The lowest BCUT2D eigenvalue weighted by atomic mass is 10.2. The summed E-state index contributed by atoms with van der Waals surface area (Å²) in [4.78, 5) is 4.31. The van der Waals surface area contributed by atoms with Gasteiger partial charge in [0.1, 0.15) is 3.70 Å². The van der Waals surface area contributed by atoms with Crippen molar-refractivity contribution in [2.24, 2.45) is 0 Å². The third kappa shape index (κ3) is 1.75. The molecule has 4 heteroatoms. The van der Waals surface area contributed by atoms with Gasteiger partial charge in [0.15, 0.2) is 0 Å². The monoisotopic (exact) mass is 323 g/mol. The summed E-state index contributed by atoms with van der Waals surface area (Å²) in [6.45, 7) is 0. The Balaban J connectivity index is 2.92. The van der Waals surface area contributed by atoms with Crippen molar-refractivity contribution in [1.29, 1.82) is 0 Å². The molecule has 0 aliphatic heterocycles. The minimum atomic E-state index is 0.637. The average molecular weight is 324 g/mol. The van der Waals surface area contributed by atoms with E-state index in [-0.39, 0.29) is 0 Å². The maximum atomic E-state index is 5.98. The third-order valence-electron chi connectivity index (χ3n) is 1.72. The van der Waals surface area contributed by atoms with Gasteiger partial charge >= 0.3 is 0 Å². The first kappa shape index (κ1) is 9.49. The molecule has 0 fully saturated rings. The van der Waals surface area contributed by atoms with E-state index in [1.807, 2.05) is 12.1 Å². The smallest absolute Gasteiger partial charge is 0.102 e. The molecule has 0 radical (unpaired) electrons. The van der Waals surface area contributed by atoms with Gasteiger partial charge in [-0.15, -0.1) is 0 Å². The van der Waals surface area contributed by atoms with Gasteiger partial charge in [-0.3, -0.25) is 0 Å². The molecule has 2 aromatic rings. The second-order valence-corrected chi connectivity index (χ2v) is 4.48. The van der Waals surface area contributed by atoms with E-state index in [2.05, 4.69) is 27.6 Å². The van der Waals surface area contributed by atoms with Crippen LogP contribution in [0.25, 0.3) is 10.9 Å². The molecule has 1 aromatic heterocycles. The first-order valence-corrected chi connectivity index (χ1v) is 5.42. The molecule has 66 valence electrons.